The summed E-state index contributed by atoms with van der Waals surface area (Å²) in [6.07, 6.45) is 3.80. The molecular formula is C23H24N4O2S. The van der Waals surface area contributed by atoms with Crippen LogP contribution in [0, 0.1) is 6.92 Å². The number of hydrogen-bond acceptors (Lipinski definition) is 4. The van der Waals surface area contributed by atoms with Crippen LogP contribution in [-0.2, 0) is 9.53 Å². The zero-order valence-electron chi connectivity index (χ0n) is 17.0. The molecule has 1 aromatic carbocycles. The summed E-state index contributed by atoms with van der Waals surface area (Å²) in [4.78, 5) is 18.8. The standard InChI is InChI=1S/C23H24N4O2S/c1-3-29-20(28)15-27-22(21(25-23(27)30)18-7-4-5-13-24-18)19-8-6-14-26(19)17-11-9-16(2)10-12-17/h4-14,21-22H,3,15H2,1-2H3,(H,25,30)/t21-,22-/m0/s1. The Balaban J connectivity index is 1.77. The average Bonchev–Trinajstić information content (AvgIpc) is 3.34. The second kappa shape index (κ2) is 8.67. The molecule has 0 radical (unpaired) electrons. The lowest BCUT2D eigenvalue weighted by molar-refractivity contribution is -0.143. The van der Waals surface area contributed by atoms with Gasteiger partial charge in [0.1, 0.15) is 6.54 Å². The minimum Gasteiger partial charge on any atom is -0.465 e. The third-order valence-electron chi connectivity index (χ3n) is 5.20. The van der Waals surface area contributed by atoms with E-state index in [2.05, 4.69) is 52.1 Å². The van der Waals surface area contributed by atoms with Gasteiger partial charge in [-0.1, -0.05) is 23.8 Å². The third-order valence-corrected chi connectivity index (χ3v) is 5.55. The fourth-order valence-corrected chi connectivity index (χ4v) is 4.12. The Hall–Kier alpha value is -3.19. The number of hydrogen-bond donors (Lipinski definition) is 1. The summed E-state index contributed by atoms with van der Waals surface area (Å²) < 4.78 is 7.33. The quantitative estimate of drug-likeness (QED) is 0.485. The van der Waals surface area contributed by atoms with E-state index in [4.69, 9.17) is 17.0 Å². The van der Waals surface area contributed by atoms with Crippen LogP contribution in [-0.4, -0.2) is 38.7 Å². The zero-order chi connectivity index (χ0) is 21.1. The highest BCUT2D eigenvalue weighted by atomic mass is 32.1. The van der Waals surface area contributed by atoms with Crippen molar-refractivity contribution in [3.63, 3.8) is 0 Å². The number of ether oxygens (including phenoxy) is 1. The predicted molar refractivity (Wildman–Crippen MR) is 119 cm³/mol. The topological polar surface area (TPSA) is 59.4 Å². The summed E-state index contributed by atoms with van der Waals surface area (Å²) in [6.45, 7) is 4.28. The van der Waals surface area contributed by atoms with Crippen LogP contribution in [0.5, 0.6) is 0 Å². The summed E-state index contributed by atoms with van der Waals surface area (Å²) in [7, 11) is 0. The first-order chi connectivity index (χ1) is 14.6. The Morgan fingerprint density at radius 1 is 1.17 bits per heavy atom. The molecule has 0 aliphatic carbocycles. The molecule has 7 heteroatoms. The van der Waals surface area contributed by atoms with Gasteiger partial charge in [-0.05, 0) is 62.5 Å². The molecule has 1 N–H and O–H groups in total. The van der Waals surface area contributed by atoms with Gasteiger partial charge in [-0.3, -0.25) is 9.78 Å². The number of nitrogens with zero attached hydrogens (tertiary/aromatic N) is 3. The van der Waals surface area contributed by atoms with Crippen molar-refractivity contribution in [2.45, 2.75) is 25.9 Å². The van der Waals surface area contributed by atoms with Gasteiger partial charge >= 0.3 is 5.97 Å². The van der Waals surface area contributed by atoms with E-state index in [-0.39, 0.29) is 24.6 Å². The van der Waals surface area contributed by atoms with Crippen LogP contribution >= 0.6 is 12.2 Å². The predicted octanol–water partition coefficient (Wildman–Crippen LogP) is 3.72. The number of aromatic nitrogens is 2. The molecule has 1 fully saturated rings. The van der Waals surface area contributed by atoms with Crippen LogP contribution in [0.4, 0.5) is 0 Å². The molecular weight excluding hydrogens is 396 g/mol. The van der Waals surface area contributed by atoms with Crippen molar-refractivity contribution >= 4 is 23.3 Å². The molecule has 3 aromatic rings. The fourth-order valence-electron chi connectivity index (χ4n) is 3.82. The van der Waals surface area contributed by atoms with Crippen LogP contribution in [0.15, 0.2) is 67.0 Å². The van der Waals surface area contributed by atoms with E-state index in [0.29, 0.717) is 11.7 Å². The van der Waals surface area contributed by atoms with Gasteiger partial charge in [0.2, 0.25) is 0 Å². The SMILES string of the molecule is CCOC(=O)CN1C(=S)N[C@@H](c2ccccn2)[C@@H]1c1cccn1-c1ccc(C)cc1. The minimum atomic E-state index is -0.304. The Labute approximate surface area is 181 Å². The number of aryl methyl sites for hydroxylation is 1. The van der Waals surface area contributed by atoms with Crippen LogP contribution in [0.25, 0.3) is 5.69 Å². The highest BCUT2D eigenvalue weighted by Crippen LogP contribution is 2.39. The summed E-state index contributed by atoms with van der Waals surface area (Å²) >= 11 is 5.62. The second-order valence-corrected chi connectivity index (χ2v) is 7.58. The molecule has 30 heavy (non-hydrogen) atoms. The molecule has 2 atom stereocenters. The molecule has 0 bridgehead atoms. The number of esters is 1. The first-order valence-electron chi connectivity index (χ1n) is 9.96. The van der Waals surface area contributed by atoms with Gasteiger partial charge < -0.3 is 19.5 Å². The fraction of sp³-hybridized carbons (Fsp3) is 0.261. The Kier molecular flexibility index (Phi) is 5.81. The lowest BCUT2D eigenvalue weighted by Gasteiger charge is -2.28. The molecule has 1 aliphatic rings. The normalized spacial score (nSPS) is 18.3. The van der Waals surface area contributed by atoms with E-state index in [0.717, 1.165) is 17.1 Å². The largest absolute Gasteiger partial charge is 0.465 e. The van der Waals surface area contributed by atoms with Crippen molar-refractivity contribution in [1.29, 1.82) is 0 Å². The molecule has 0 spiro atoms. The average molecular weight is 421 g/mol. The summed E-state index contributed by atoms with van der Waals surface area (Å²) in [5.74, 6) is -0.304. The van der Waals surface area contributed by atoms with Crippen molar-refractivity contribution < 1.29 is 9.53 Å². The Bertz CT molecular complexity index is 1030. The van der Waals surface area contributed by atoms with Crippen molar-refractivity contribution in [2.75, 3.05) is 13.2 Å². The molecule has 6 nitrogen and oxygen atoms in total. The molecule has 0 unspecified atom stereocenters. The molecule has 2 aromatic heterocycles. The number of rotatable bonds is 6. The lowest BCUT2D eigenvalue weighted by Crippen LogP contribution is -2.36. The number of thiocarbonyl (C=S) groups is 1. The van der Waals surface area contributed by atoms with Crippen LogP contribution in [0.2, 0.25) is 0 Å². The molecule has 154 valence electrons. The first kappa shape index (κ1) is 20.1. The van der Waals surface area contributed by atoms with Gasteiger partial charge in [-0.15, -0.1) is 0 Å². The zero-order valence-corrected chi connectivity index (χ0v) is 17.8. The maximum absolute atomic E-state index is 12.3. The summed E-state index contributed by atoms with van der Waals surface area (Å²) in [5.41, 5.74) is 4.14. The van der Waals surface area contributed by atoms with Crippen LogP contribution in [0.1, 0.15) is 36.0 Å². The smallest absolute Gasteiger partial charge is 0.325 e. The molecule has 3 heterocycles. The van der Waals surface area contributed by atoms with E-state index in [9.17, 15) is 4.79 Å². The van der Waals surface area contributed by atoms with Crippen molar-refractivity contribution in [1.82, 2.24) is 19.8 Å². The van der Waals surface area contributed by atoms with E-state index < -0.39 is 0 Å². The summed E-state index contributed by atoms with van der Waals surface area (Å²) in [6, 6.07) is 17.8. The van der Waals surface area contributed by atoms with Crippen LogP contribution in [0.3, 0.4) is 0 Å². The van der Waals surface area contributed by atoms with Gasteiger partial charge in [-0.2, -0.15) is 0 Å². The first-order valence-corrected chi connectivity index (χ1v) is 10.4. The van der Waals surface area contributed by atoms with E-state index in [1.807, 2.05) is 35.4 Å². The highest BCUT2D eigenvalue weighted by molar-refractivity contribution is 7.80. The maximum Gasteiger partial charge on any atom is 0.325 e. The van der Waals surface area contributed by atoms with Crippen molar-refractivity contribution in [3.05, 3.63) is 83.9 Å². The number of nitrogens with one attached hydrogen (secondary N) is 1. The van der Waals surface area contributed by atoms with Gasteiger partial charge in [0.25, 0.3) is 0 Å². The molecule has 1 saturated heterocycles. The van der Waals surface area contributed by atoms with Crippen molar-refractivity contribution in [3.8, 4) is 5.69 Å². The van der Waals surface area contributed by atoms with Gasteiger partial charge in [0, 0.05) is 23.8 Å². The monoisotopic (exact) mass is 420 g/mol. The van der Waals surface area contributed by atoms with Gasteiger partial charge in [0.15, 0.2) is 5.11 Å². The second-order valence-electron chi connectivity index (χ2n) is 7.20. The number of pyridine rings is 1. The Morgan fingerprint density at radius 3 is 2.67 bits per heavy atom. The molecule has 0 saturated carbocycles. The Morgan fingerprint density at radius 2 is 1.97 bits per heavy atom. The van der Waals surface area contributed by atoms with Crippen molar-refractivity contribution in [2.24, 2.45) is 0 Å². The highest BCUT2D eigenvalue weighted by Gasteiger charge is 2.42. The van der Waals surface area contributed by atoms with Crippen LogP contribution < -0.4 is 5.32 Å². The lowest BCUT2D eigenvalue weighted by atomic mass is 10.0. The third kappa shape index (κ3) is 3.93. The van der Waals surface area contributed by atoms with E-state index >= 15 is 0 Å². The van der Waals surface area contributed by atoms with Gasteiger partial charge in [0.05, 0.1) is 24.4 Å². The van der Waals surface area contributed by atoms with E-state index in [1.165, 1.54) is 5.56 Å². The molecule has 4 rings (SSSR count). The molecule has 0 amide bonds. The number of carbonyl (C=O) groups is 1. The number of benzene rings is 1. The molecule has 1 aliphatic heterocycles. The number of carbonyl (C=O) groups excluding carboxylic acids is 1. The van der Waals surface area contributed by atoms with E-state index in [1.54, 1.807) is 13.1 Å². The van der Waals surface area contributed by atoms with Gasteiger partial charge in [-0.25, -0.2) is 0 Å². The maximum atomic E-state index is 12.3. The summed E-state index contributed by atoms with van der Waals surface area (Å²) in [5, 5.41) is 3.88. The minimum absolute atomic E-state index is 0.0761.